The highest BCUT2D eigenvalue weighted by Gasteiger charge is 2.17. The predicted molar refractivity (Wildman–Crippen MR) is 64.6 cm³/mol. The Morgan fingerprint density at radius 3 is 2.88 bits per heavy atom. The van der Waals surface area contributed by atoms with E-state index in [4.69, 9.17) is 0 Å². The van der Waals surface area contributed by atoms with Crippen molar-refractivity contribution in [1.82, 2.24) is 20.2 Å². The topological polar surface area (TPSA) is 58.1 Å². The number of nitrogens with zero attached hydrogens (tertiary/aromatic N) is 3. The van der Waals surface area contributed by atoms with E-state index in [1.165, 1.54) is 12.4 Å². The minimum atomic E-state index is -0.128. The number of carbonyl (C=O) groups excluding carboxylic acids is 1. The van der Waals surface area contributed by atoms with Gasteiger partial charge in [-0.05, 0) is 38.9 Å². The third kappa shape index (κ3) is 3.49. The first-order valence-electron chi connectivity index (χ1n) is 5.98. The number of hydrogen-bond acceptors (Lipinski definition) is 4. The Morgan fingerprint density at radius 1 is 1.47 bits per heavy atom. The molecule has 1 aromatic rings. The molecule has 2 rings (SSSR count). The average Bonchev–Trinajstić information content (AvgIpc) is 2.39. The van der Waals surface area contributed by atoms with E-state index in [9.17, 15) is 4.79 Å². The quantitative estimate of drug-likeness (QED) is 0.829. The highest BCUT2D eigenvalue weighted by Crippen LogP contribution is 2.14. The fraction of sp³-hybridized carbons (Fsp3) is 0.583. The maximum atomic E-state index is 11.7. The summed E-state index contributed by atoms with van der Waals surface area (Å²) in [5, 5.41) is 2.92. The molecule has 0 aliphatic carbocycles. The van der Waals surface area contributed by atoms with Crippen molar-refractivity contribution in [2.45, 2.75) is 12.8 Å². The summed E-state index contributed by atoms with van der Waals surface area (Å²) in [7, 11) is 2.13. The number of aromatic nitrogens is 2. The van der Waals surface area contributed by atoms with Crippen molar-refractivity contribution in [3.8, 4) is 0 Å². The molecule has 1 aliphatic heterocycles. The van der Waals surface area contributed by atoms with Crippen LogP contribution in [0, 0.1) is 5.92 Å². The van der Waals surface area contributed by atoms with Crippen LogP contribution in [-0.4, -0.2) is 47.5 Å². The third-order valence-corrected chi connectivity index (χ3v) is 3.19. The Bertz CT molecular complexity index is 360. The summed E-state index contributed by atoms with van der Waals surface area (Å²) in [5.41, 5.74) is 0.389. The summed E-state index contributed by atoms with van der Waals surface area (Å²) in [4.78, 5) is 21.9. The van der Waals surface area contributed by atoms with Gasteiger partial charge in [0.1, 0.15) is 5.69 Å². The van der Waals surface area contributed by atoms with Crippen LogP contribution in [0.25, 0.3) is 0 Å². The van der Waals surface area contributed by atoms with Gasteiger partial charge in [0.05, 0.1) is 6.20 Å². The Kier molecular flexibility index (Phi) is 4.03. The zero-order valence-corrected chi connectivity index (χ0v) is 10.1. The number of hydrogen-bond donors (Lipinski definition) is 1. The number of amides is 1. The van der Waals surface area contributed by atoms with Crippen LogP contribution >= 0.6 is 0 Å². The van der Waals surface area contributed by atoms with Crippen molar-refractivity contribution in [3.05, 3.63) is 24.3 Å². The van der Waals surface area contributed by atoms with Crippen molar-refractivity contribution in [3.63, 3.8) is 0 Å². The Balaban J connectivity index is 1.77. The molecule has 0 saturated carbocycles. The van der Waals surface area contributed by atoms with E-state index in [-0.39, 0.29) is 5.91 Å². The van der Waals surface area contributed by atoms with Crippen molar-refractivity contribution >= 4 is 5.91 Å². The molecule has 0 atom stereocenters. The van der Waals surface area contributed by atoms with Gasteiger partial charge in [-0.1, -0.05) is 0 Å². The van der Waals surface area contributed by atoms with E-state index in [2.05, 4.69) is 27.2 Å². The number of rotatable bonds is 3. The van der Waals surface area contributed by atoms with Crippen LogP contribution < -0.4 is 5.32 Å². The van der Waals surface area contributed by atoms with Crippen LogP contribution in [0.3, 0.4) is 0 Å². The normalized spacial score (nSPS) is 17.9. The maximum Gasteiger partial charge on any atom is 0.271 e. The number of nitrogens with one attached hydrogen (secondary N) is 1. The minimum Gasteiger partial charge on any atom is -0.350 e. The maximum absolute atomic E-state index is 11.7. The van der Waals surface area contributed by atoms with Gasteiger partial charge in [-0.2, -0.15) is 0 Å². The van der Waals surface area contributed by atoms with Crippen molar-refractivity contribution in [2.24, 2.45) is 5.92 Å². The second kappa shape index (κ2) is 5.72. The number of piperidine rings is 1. The molecule has 1 N–H and O–H groups in total. The first-order valence-corrected chi connectivity index (χ1v) is 5.98. The minimum absolute atomic E-state index is 0.128. The van der Waals surface area contributed by atoms with Gasteiger partial charge in [0.25, 0.3) is 5.91 Å². The lowest BCUT2D eigenvalue weighted by Crippen LogP contribution is -2.37. The van der Waals surface area contributed by atoms with Crippen LogP contribution in [0.15, 0.2) is 18.6 Å². The fourth-order valence-corrected chi connectivity index (χ4v) is 2.01. The largest absolute Gasteiger partial charge is 0.350 e. The molecule has 5 nitrogen and oxygen atoms in total. The molecule has 1 aromatic heterocycles. The van der Waals surface area contributed by atoms with Gasteiger partial charge >= 0.3 is 0 Å². The van der Waals surface area contributed by atoms with Gasteiger partial charge in [0.15, 0.2) is 0 Å². The second-order valence-electron chi connectivity index (χ2n) is 4.55. The van der Waals surface area contributed by atoms with Crippen LogP contribution in [-0.2, 0) is 0 Å². The molecule has 0 bridgehead atoms. The molecule has 0 radical (unpaired) electrons. The molecule has 0 aromatic carbocycles. The van der Waals surface area contributed by atoms with Crippen LogP contribution in [0.5, 0.6) is 0 Å². The highest BCUT2D eigenvalue weighted by atomic mass is 16.1. The van der Waals surface area contributed by atoms with Crippen LogP contribution in [0.1, 0.15) is 23.3 Å². The van der Waals surface area contributed by atoms with Crippen LogP contribution in [0.2, 0.25) is 0 Å². The SMILES string of the molecule is CN1CCC(CNC(=O)c2cnccn2)CC1. The van der Waals surface area contributed by atoms with Crippen molar-refractivity contribution in [1.29, 1.82) is 0 Å². The van der Waals surface area contributed by atoms with Gasteiger partial charge in [-0.3, -0.25) is 9.78 Å². The number of likely N-dealkylation sites (tertiary alicyclic amines) is 1. The summed E-state index contributed by atoms with van der Waals surface area (Å²) in [6, 6.07) is 0. The molecular weight excluding hydrogens is 216 g/mol. The van der Waals surface area contributed by atoms with Gasteiger partial charge in [-0.25, -0.2) is 4.98 Å². The zero-order chi connectivity index (χ0) is 12.1. The molecule has 2 heterocycles. The summed E-state index contributed by atoms with van der Waals surface area (Å²) >= 11 is 0. The molecule has 1 fully saturated rings. The average molecular weight is 234 g/mol. The monoisotopic (exact) mass is 234 g/mol. The molecule has 17 heavy (non-hydrogen) atoms. The molecule has 0 spiro atoms. The van der Waals surface area contributed by atoms with E-state index in [0.29, 0.717) is 11.6 Å². The Hall–Kier alpha value is -1.49. The molecule has 1 saturated heterocycles. The molecule has 1 amide bonds. The van der Waals surface area contributed by atoms with Crippen molar-refractivity contribution < 1.29 is 4.79 Å². The standard InChI is InChI=1S/C12H18N4O/c1-16-6-2-10(3-7-16)8-15-12(17)11-9-13-4-5-14-11/h4-5,9-10H,2-3,6-8H2,1H3,(H,15,17). The molecule has 5 heteroatoms. The molecule has 1 aliphatic rings. The third-order valence-electron chi connectivity index (χ3n) is 3.19. The Labute approximate surface area is 101 Å². The predicted octanol–water partition coefficient (Wildman–Crippen LogP) is 0.548. The Morgan fingerprint density at radius 2 is 2.24 bits per heavy atom. The molecular formula is C12H18N4O. The summed E-state index contributed by atoms with van der Waals surface area (Å²) < 4.78 is 0. The van der Waals surface area contributed by atoms with E-state index in [1.807, 2.05) is 0 Å². The van der Waals surface area contributed by atoms with Gasteiger partial charge in [0.2, 0.25) is 0 Å². The molecule has 0 unspecified atom stereocenters. The fourth-order valence-electron chi connectivity index (χ4n) is 2.01. The summed E-state index contributed by atoms with van der Waals surface area (Å²) in [5.74, 6) is 0.462. The first-order chi connectivity index (χ1) is 8.25. The summed E-state index contributed by atoms with van der Waals surface area (Å²) in [6.45, 7) is 2.97. The van der Waals surface area contributed by atoms with Gasteiger partial charge < -0.3 is 10.2 Å². The van der Waals surface area contributed by atoms with E-state index < -0.39 is 0 Å². The lowest BCUT2D eigenvalue weighted by Gasteiger charge is -2.28. The lowest BCUT2D eigenvalue weighted by molar-refractivity contribution is 0.0933. The van der Waals surface area contributed by atoms with Gasteiger partial charge in [0, 0.05) is 18.9 Å². The van der Waals surface area contributed by atoms with E-state index in [1.54, 1.807) is 6.20 Å². The summed E-state index contributed by atoms with van der Waals surface area (Å²) in [6.07, 6.45) is 6.89. The lowest BCUT2D eigenvalue weighted by atomic mass is 9.97. The highest BCUT2D eigenvalue weighted by molar-refractivity contribution is 5.91. The molecule has 92 valence electrons. The van der Waals surface area contributed by atoms with Crippen molar-refractivity contribution in [2.75, 3.05) is 26.7 Å². The first kappa shape index (κ1) is 12.0. The number of carbonyl (C=O) groups is 1. The van der Waals surface area contributed by atoms with E-state index in [0.717, 1.165) is 32.5 Å². The second-order valence-corrected chi connectivity index (χ2v) is 4.55. The smallest absolute Gasteiger partial charge is 0.271 e. The zero-order valence-electron chi connectivity index (χ0n) is 10.1. The van der Waals surface area contributed by atoms with E-state index >= 15 is 0 Å². The van der Waals surface area contributed by atoms with Crippen LogP contribution in [0.4, 0.5) is 0 Å². The van der Waals surface area contributed by atoms with Gasteiger partial charge in [-0.15, -0.1) is 0 Å².